The third-order valence-electron chi connectivity index (χ3n) is 3.34. The molecule has 24 heavy (non-hydrogen) atoms. The molecular formula is C16H16F4N2O2. The van der Waals surface area contributed by atoms with E-state index in [-0.39, 0.29) is 18.8 Å². The van der Waals surface area contributed by atoms with Crippen LogP contribution >= 0.6 is 0 Å². The number of nitrogens with one attached hydrogen (secondary N) is 1. The highest BCUT2D eigenvalue weighted by molar-refractivity contribution is 5.40. The van der Waals surface area contributed by atoms with E-state index in [1.807, 2.05) is 0 Å². The number of aromatic nitrogens is 1. The normalized spacial score (nSPS) is 11.4. The molecule has 130 valence electrons. The minimum Gasteiger partial charge on any atom is -0.497 e. The summed E-state index contributed by atoms with van der Waals surface area (Å²) in [5.41, 5.74) is -0.609. The van der Waals surface area contributed by atoms with E-state index in [9.17, 15) is 17.6 Å². The van der Waals surface area contributed by atoms with Gasteiger partial charge in [0.1, 0.15) is 17.3 Å². The molecule has 0 spiro atoms. The molecule has 2 rings (SSSR count). The Morgan fingerprint density at radius 3 is 2.46 bits per heavy atom. The lowest BCUT2D eigenvalue weighted by Gasteiger charge is -2.14. The lowest BCUT2D eigenvalue weighted by molar-refractivity contribution is -0.138. The van der Waals surface area contributed by atoms with Crippen LogP contribution in [-0.2, 0) is 19.3 Å². The largest absolute Gasteiger partial charge is 0.497 e. The first-order chi connectivity index (χ1) is 11.3. The zero-order valence-corrected chi connectivity index (χ0v) is 13.1. The van der Waals surface area contributed by atoms with Crippen LogP contribution in [0.3, 0.4) is 0 Å². The van der Waals surface area contributed by atoms with Gasteiger partial charge in [-0.3, -0.25) is 4.98 Å². The minimum atomic E-state index is -4.66. The van der Waals surface area contributed by atoms with Gasteiger partial charge in [0.2, 0.25) is 0 Å². The Labute approximate surface area is 136 Å². The van der Waals surface area contributed by atoms with Crippen LogP contribution in [0, 0.1) is 5.82 Å². The van der Waals surface area contributed by atoms with Gasteiger partial charge in [-0.05, 0) is 12.1 Å². The molecule has 4 nitrogen and oxygen atoms in total. The molecule has 8 heteroatoms. The van der Waals surface area contributed by atoms with Crippen LogP contribution in [0.2, 0.25) is 0 Å². The maximum absolute atomic E-state index is 13.0. The van der Waals surface area contributed by atoms with Gasteiger partial charge in [-0.25, -0.2) is 4.39 Å². The molecule has 0 fully saturated rings. The molecule has 0 bridgehead atoms. The van der Waals surface area contributed by atoms with Gasteiger partial charge in [-0.2, -0.15) is 13.2 Å². The first-order valence-corrected chi connectivity index (χ1v) is 6.98. The number of halogens is 4. The number of alkyl halides is 3. The van der Waals surface area contributed by atoms with Gasteiger partial charge >= 0.3 is 6.18 Å². The van der Waals surface area contributed by atoms with Crippen molar-refractivity contribution in [2.24, 2.45) is 0 Å². The van der Waals surface area contributed by atoms with Crippen molar-refractivity contribution < 1.29 is 27.0 Å². The minimum absolute atomic E-state index is 0.162. The molecule has 0 atom stereocenters. The topological polar surface area (TPSA) is 43.4 Å². The van der Waals surface area contributed by atoms with E-state index in [2.05, 4.69) is 10.3 Å². The summed E-state index contributed by atoms with van der Waals surface area (Å²) in [4.78, 5) is 3.54. The number of pyridine rings is 1. The van der Waals surface area contributed by atoms with E-state index < -0.39 is 17.6 Å². The summed E-state index contributed by atoms with van der Waals surface area (Å²) in [6, 6.07) is 5.58. The van der Waals surface area contributed by atoms with Crippen LogP contribution in [0.1, 0.15) is 16.8 Å². The molecule has 0 amide bonds. The molecule has 0 aliphatic carbocycles. The van der Waals surface area contributed by atoms with Gasteiger partial charge in [-0.1, -0.05) is 6.07 Å². The quantitative estimate of drug-likeness (QED) is 0.814. The monoisotopic (exact) mass is 344 g/mol. The molecule has 1 heterocycles. The summed E-state index contributed by atoms with van der Waals surface area (Å²) in [7, 11) is 3.01. The van der Waals surface area contributed by atoms with E-state index in [0.29, 0.717) is 17.6 Å². The lowest BCUT2D eigenvalue weighted by atomic mass is 10.1. The number of benzene rings is 1. The number of ether oxygens (including phenoxy) is 2. The molecule has 0 saturated heterocycles. The zero-order chi connectivity index (χ0) is 17.7. The average Bonchev–Trinajstić information content (AvgIpc) is 2.55. The van der Waals surface area contributed by atoms with Crippen molar-refractivity contribution in [1.82, 2.24) is 10.3 Å². The van der Waals surface area contributed by atoms with E-state index in [4.69, 9.17) is 9.47 Å². The SMILES string of the molecule is COc1ccc(CNCc2ncc(F)cc2C(F)(F)F)c(OC)c1. The summed E-state index contributed by atoms with van der Waals surface area (Å²) in [5.74, 6) is 0.128. The Balaban J connectivity index is 2.10. The Kier molecular flexibility index (Phi) is 5.61. The standard InChI is InChI=1S/C16H16F4N2O2/c1-23-12-4-3-10(15(6-12)24-2)7-21-9-14-13(16(18,19)20)5-11(17)8-22-14/h3-6,8,21H,7,9H2,1-2H3. The van der Waals surface area contributed by atoms with Crippen LogP contribution < -0.4 is 14.8 Å². The number of hydrogen-bond acceptors (Lipinski definition) is 4. The van der Waals surface area contributed by atoms with E-state index in [1.165, 1.54) is 14.2 Å². The second-order valence-corrected chi connectivity index (χ2v) is 4.93. The van der Waals surface area contributed by atoms with Gasteiger partial charge in [0.15, 0.2) is 0 Å². The Bertz CT molecular complexity index is 705. The van der Waals surface area contributed by atoms with Gasteiger partial charge in [0.25, 0.3) is 0 Å². The van der Waals surface area contributed by atoms with Crippen molar-refractivity contribution in [2.45, 2.75) is 19.3 Å². The smallest absolute Gasteiger partial charge is 0.418 e. The maximum atomic E-state index is 13.0. The van der Waals surface area contributed by atoms with Crippen molar-refractivity contribution in [2.75, 3.05) is 14.2 Å². The van der Waals surface area contributed by atoms with E-state index >= 15 is 0 Å². The van der Waals surface area contributed by atoms with E-state index in [0.717, 1.165) is 11.8 Å². The van der Waals surface area contributed by atoms with Crippen molar-refractivity contribution in [3.63, 3.8) is 0 Å². The fourth-order valence-electron chi connectivity index (χ4n) is 2.17. The van der Waals surface area contributed by atoms with Crippen LogP contribution in [0.4, 0.5) is 17.6 Å². The zero-order valence-electron chi connectivity index (χ0n) is 13.1. The number of nitrogens with zero attached hydrogens (tertiary/aromatic N) is 1. The third-order valence-corrected chi connectivity index (χ3v) is 3.34. The summed E-state index contributed by atoms with van der Waals surface area (Å²) in [6.07, 6.45) is -3.90. The molecule has 1 aromatic carbocycles. The fourth-order valence-corrected chi connectivity index (χ4v) is 2.17. The van der Waals surface area contributed by atoms with Crippen molar-refractivity contribution >= 4 is 0 Å². The molecule has 1 N–H and O–H groups in total. The number of methoxy groups -OCH3 is 2. The maximum Gasteiger partial charge on any atom is 0.418 e. The second-order valence-electron chi connectivity index (χ2n) is 4.93. The third kappa shape index (κ3) is 4.35. The van der Waals surface area contributed by atoms with Crippen LogP contribution in [0.15, 0.2) is 30.5 Å². The molecule has 0 saturated carbocycles. The summed E-state index contributed by atoms with van der Waals surface area (Å²) >= 11 is 0. The highest BCUT2D eigenvalue weighted by Gasteiger charge is 2.34. The highest BCUT2D eigenvalue weighted by Crippen LogP contribution is 2.31. The van der Waals surface area contributed by atoms with Crippen molar-refractivity contribution in [3.8, 4) is 11.5 Å². The van der Waals surface area contributed by atoms with Crippen LogP contribution in [0.25, 0.3) is 0 Å². The van der Waals surface area contributed by atoms with Gasteiger partial charge in [0.05, 0.1) is 31.7 Å². The Morgan fingerprint density at radius 1 is 1.08 bits per heavy atom. The Morgan fingerprint density at radius 2 is 1.83 bits per heavy atom. The molecule has 1 aromatic heterocycles. The lowest BCUT2D eigenvalue weighted by Crippen LogP contribution is -2.19. The molecular weight excluding hydrogens is 328 g/mol. The molecule has 0 radical (unpaired) electrons. The first-order valence-electron chi connectivity index (χ1n) is 6.98. The summed E-state index contributed by atoms with van der Waals surface area (Å²) in [5, 5.41) is 2.86. The molecule has 0 unspecified atom stereocenters. The number of rotatable bonds is 6. The Hall–Kier alpha value is -2.35. The van der Waals surface area contributed by atoms with Gasteiger partial charge in [0, 0.05) is 24.7 Å². The predicted octanol–water partition coefficient (Wildman–Crippen LogP) is 3.55. The molecule has 0 aliphatic rings. The average molecular weight is 344 g/mol. The highest BCUT2D eigenvalue weighted by atomic mass is 19.4. The molecule has 0 aliphatic heterocycles. The van der Waals surface area contributed by atoms with Crippen molar-refractivity contribution in [1.29, 1.82) is 0 Å². The second kappa shape index (κ2) is 7.48. The first kappa shape index (κ1) is 18.0. The van der Waals surface area contributed by atoms with Crippen LogP contribution in [0.5, 0.6) is 11.5 Å². The van der Waals surface area contributed by atoms with Crippen molar-refractivity contribution in [3.05, 3.63) is 53.1 Å². The van der Waals surface area contributed by atoms with Gasteiger partial charge in [-0.15, -0.1) is 0 Å². The van der Waals surface area contributed by atoms with Gasteiger partial charge < -0.3 is 14.8 Å². The predicted molar refractivity (Wildman–Crippen MR) is 79.3 cm³/mol. The fraction of sp³-hybridized carbons (Fsp3) is 0.312. The van der Waals surface area contributed by atoms with Crippen LogP contribution in [-0.4, -0.2) is 19.2 Å². The van der Waals surface area contributed by atoms with E-state index in [1.54, 1.807) is 18.2 Å². The molecule has 2 aromatic rings. The number of hydrogen-bond donors (Lipinski definition) is 1. The summed E-state index contributed by atoms with van der Waals surface area (Å²) < 4.78 is 62.1. The summed E-state index contributed by atoms with van der Waals surface area (Å²) in [6.45, 7) is 0.0911.